The standard InChI is InChI=1S/C17H14N2S/c1-3-13-5-4-6-15(9-13)19-12(2)14-10-17-16(18-11-14)7-8-20-17/h1,4-12,19H,2H3. The molecule has 2 heterocycles. The lowest BCUT2D eigenvalue weighted by Crippen LogP contribution is -2.06. The second-order valence-corrected chi connectivity index (χ2v) is 5.61. The predicted molar refractivity (Wildman–Crippen MR) is 86.0 cm³/mol. The highest BCUT2D eigenvalue weighted by atomic mass is 32.1. The van der Waals surface area contributed by atoms with Crippen molar-refractivity contribution in [1.29, 1.82) is 0 Å². The lowest BCUT2D eigenvalue weighted by atomic mass is 10.1. The van der Waals surface area contributed by atoms with Crippen LogP contribution in [0.1, 0.15) is 24.1 Å². The summed E-state index contributed by atoms with van der Waals surface area (Å²) in [6.45, 7) is 2.12. The normalized spacial score (nSPS) is 12.0. The zero-order valence-corrected chi connectivity index (χ0v) is 11.9. The number of hydrogen-bond donors (Lipinski definition) is 1. The largest absolute Gasteiger partial charge is 0.378 e. The van der Waals surface area contributed by atoms with Crippen LogP contribution in [0.3, 0.4) is 0 Å². The molecule has 3 rings (SSSR count). The summed E-state index contributed by atoms with van der Waals surface area (Å²) >= 11 is 1.71. The van der Waals surface area contributed by atoms with Crippen molar-refractivity contribution in [3.8, 4) is 12.3 Å². The van der Waals surface area contributed by atoms with E-state index < -0.39 is 0 Å². The number of nitrogens with zero attached hydrogens (tertiary/aromatic N) is 1. The van der Waals surface area contributed by atoms with Gasteiger partial charge in [-0.1, -0.05) is 12.0 Å². The van der Waals surface area contributed by atoms with Gasteiger partial charge in [0.2, 0.25) is 0 Å². The van der Waals surface area contributed by atoms with Crippen molar-refractivity contribution in [3.63, 3.8) is 0 Å². The van der Waals surface area contributed by atoms with Crippen molar-refractivity contribution in [1.82, 2.24) is 4.98 Å². The van der Waals surface area contributed by atoms with Gasteiger partial charge in [0.25, 0.3) is 0 Å². The Kier molecular flexibility index (Phi) is 3.41. The fourth-order valence-electron chi connectivity index (χ4n) is 2.13. The van der Waals surface area contributed by atoms with Crippen LogP contribution in [0.15, 0.2) is 48.0 Å². The van der Waals surface area contributed by atoms with Crippen LogP contribution in [0.2, 0.25) is 0 Å². The number of fused-ring (bicyclic) bond motifs is 1. The highest BCUT2D eigenvalue weighted by Gasteiger charge is 2.07. The monoisotopic (exact) mass is 278 g/mol. The van der Waals surface area contributed by atoms with Crippen LogP contribution in [0.5, 0.6) is 0 Å². The van der Waals surface area contributed by atoms with Crippen LogP contribution >= 0.6 is 11.3 Å². The van der Waals surface area contributed by atoms with E-state index in [9.17, 15) is 0 Å². The van der Waals surface area contributed by atoms with Gasteiger partial charge in [-0.2, -0.15) is 0 Å². The van der Waals surface area contributed by atoms with Crippen LogP contribution < -0.4 is 5.32 Å². The van der Waals surface area contributed by atoms with E-state index in [-0.39, 0.29) is 6.04 Å². The maximum Gasteiger partial charge on any atom is 0.0809 e. The molecule has 3 heteroatoms. The topological polar surface area (TPSA) is 24.9 Å². The van der Waals surface area contributed by atoms with Gasteiger partial charge in [0.05, 0.1) is 16.3 Å². The molecule has 0 aliphatic rings. The minimum absolute atomic E-state index is 0.182. The second kappa shape index (κ2) is 5.36. The van der Waals surface area contributed by atoms with E-state index in [4.69, 9.17) is 6.42 Å². The number of nitrogens with one attached hydrogen (secondary N) is 1. The molecule has 0 aliphatic heterocycles. The highest BCUT2D eigenvalue weighted by Crippen LogP contribution is 2.25. The molecule has 98 valence electrons. The molecule has 3 aromatic rings. The lowest BCUT2D eigenvalue weighted by molar-refractivity contribution is 0.880. The van der Waals surface area contributed by atoms with Gasteiger partial charge in [0.15, 0.2) is 0 Å². The molecule has 0 saturated heterocycles. The zero-order chi connectivity index (χ0) is 13.9. The van der Waals surface area contributed by atoms with Crippen molar-refractivity contribution in [2.24, 2.45) is 0 Å². The Morgan fingerprint density at radius 2 is 2.20 bits per heavy atom. The van der Waals surface area contributed by atoms with Gasteiger partial charge in [0, 0.05) is 17.4 Å². The summed E-state index contributed by atoms with van der Waals surface area (Å²) in [5.74, 6) is 2.65. The van der Waals surface area contributed by atoms with Crippen LogP contribution in [-0.2, 0) is 0 Å². The molecule has 0 spiro atoms. The first kappa shape index (κ1) is 12.7. The number of rotatable bonds is 3. The molecule has 0 aliphatic carbocycles. The molecule has 1 aromatic carbocycles. The van der Waals surface area contributed by atoms with E-state index in [2.05, 4.69) is 34.6 Å². The first-order chi connectivity index (χ1) is 9.76. The van der Waals surface area contributed by atoms with Crippen molar-refractivity contribution in [2.75, 3.05) is 5.32 Å². The summed E-state index contributed by atoms with van der Waals surface area (Å²) in [7, 11) is 0. The fraction of sp³-hybridized carbons (Fsp3) is 0.118. The number of aromatic nitrogens is 1. The maximum absolute atomic E-state index is 5.42. The zero-order valence-electron chi connectivity index (χ0n) is 11.1. The molecule has 0 amide bonds. The number of terminal acetylenes is 1. The van der Waals surface area contributed by atoms with Gasteiger partial charge >= 0.3 is 0 Å². The summed E-state index contributed by atoms with van der Waals surface area (Å²) in [5.41, 5.74) is 4.14. The third-order valence-electron chi connectivity index (χ3n) is 3.24. The molecule has 2 aromatic heterocycles. The molecular weight excluding hydrogens is 264 g/mol. The smallest absolute Gasteiger partial charge is 0.0809 e. The Hall–Kier alpha value is -2.31. The Labute approximate surface area is 122 Å². The first-order valence-electron chi connectivity index (χ1n) is 6.42. The maximum atomic E-state index is 5.42. The molecule has 2 nitrogen and oxygen atoms in total. The third kappa shape index (κ3) is 2.52. The molecular formula is C17H14N2S. The third-order valence-corrected chi connectivity index (χ3v) is 4.09. The van der Waals surface area contributed by atoms with Crippen LogP contribution in [0.25, 0.3) is 10.2 Å². The van der Waals surface area contributed by atoms with Gasteiger partial charge in [0.1, 0.15) is 0 Å². The van der Waals surface area contributed by atoms with Gasteiger partial charge in [-0.05, 0) is 48.2 Å². The van der Waals surface area contributed by atoms with Crippen LogP contribution in [0, 0.1) is 12.3 Å². The number of thiophene rings is 1. The number of anilines is 1. The Bertz CT molecular complexity index is 783. The fourth-order valence-corrected chi connectivity index (χ4v) is 2.92. The number of benzene rings is 1. The Morgan fingerprint density at radius 3 is 3.05 bits per heavy atom. The van der Waals surface area contributed by atoms with Gasteiger partial charge in [-0.3, -0.25) is 4.98 Å². The van der Waals surface area contributed by atoms with Gasteiger partial charge < -0.3 is 5.32 Å². The predicted octanol–water partition coefficient (Wildman–Crippen LogP) is 4.45. The van der Waals surface area contributed by atoms with E-state index in [1.54, 1.807) is 11.3 Å². The second-order valence-electron chi connectivity index (χ2n) is 4.66. The molecule has 0 fully saturated rings. The van der Waals surface area contributed by atoms with E-state index in [1.165, 1.54) is 10.3 Å². The lowest BCUT2D eigenvalue weighted by Gasteiger charge is -2.15. The van der Waals surface area contributed by atoms with Crippen LogP contribution in [-0.4, -0.2) is 4.98 Å². The molecule has 0 saturated carbocycles. The van der Waals surface area contributed by atoms with E-state index in [0.29, 0.717) is 0 Å². The van der Waals surface area contributed by atoms with Crippen molar-refractivity contribution in [2.45, 2.75) is 13.0 Å². The van der Waals surface area contributed by atoms with Crippen LogP contribution in [0.4, 0.5) is 5.69 Å². The van der Waals surface area contributed by atoms with Crippen molar-refractivity contribution >= 4 is 27.2 Å². The summed E-state index contributed by atoms with van der Waals surface area (Å²) in [5, 5.41) is 5.52. The molecule has 1 N–H and O–H groups in total. The minimum atomic E-state index is 0.182. The molecule has 1 atom stereocenters. The number of hydrogen-bond acceptors (Lipinski definition) is 3. The molecule has 0 radical (unpaired) electrons. The van der Waals surface area contributed by atoms with Gasteiger partial charge in [-0.15, -0.1) is 17.8 Å². The molecule has 20 heavy (non-hydrogen) atoms. The van der Waals surface area contributed by atoms with Crippen molar-refractivity contribution in [3.05, 3.63) is 59.1 Å². The average molecular weight is 278 g/mol. The van der Waals surface area contributed by atoms with E-state index in [0.717, 1.165) is 16.8 Å². The minimum Gasteiger partial charge on any atom is -0.378 e. The summed E-state index contributed by atoms with van der Waals surface area (Å²) in [6.07, 6.45) is 7.35. The van der Waals surface area contributed by atoms with E-state index >= 15 is 0 Å². The summed E-state index contributed by atoms with van der Waals surface area (Å²) in [4.78, 5) is 4.48. The summed E-state index contributed by atoms with van der Waals surface area (Å²) < 4.78 is 1.22. The summed E-state index contributed by atoms with van der Waals surface area (Å²) in [6, 6.07) is 12.3. The first-order valence-corrected chi connectivity index (χ1v) is 7.30. The SMILES string of the molecule is C#Cc1cccc(NC(C)c2cnc3ccsc3c2)c1. The number of pyridine rings is 1. The Morgan fingerprint density at radius 1 is 1.30 bits per heavy atom. The highest BCUT2D eigenvalue weighted by molar-refractivity contribution is 7.17. The van der Waals surface area contributed by atoms with Crippen molar-refractivity contribution < 1.29 is 0 Å². The molecule has 0 bridgehead atoms. The quantitative estimate of drug-likeness (QED) is 0.716. The molecule has 1 unspecified atom stereocenters. The average Bonchev–Trinajstić information content (AvgIpc) is 2.94. The van der Waals surface area contributed by atoms with E-state index in [1.807, 2.05) is 36.5 Å². The Balaban J connectivity index is 1.84. The van der Waals surface area contributed by atoms with Gasteiger partial charge in [-0.25, -0.2) is 0 Å².